The van der Waals surface area contributed by atoms with Crippen LogP contribution in [0.2, 0.25) is 0 Å². The third kappa shape index (κ3) is 2.12. The Morgan fingerprint density at radius 3 is 2.79 bits per heavy atom. The first-order valence-corrected chi connectivity index (χ1v) is 4.71. The van der Waals surface area contributed by atoms with E-state index in [-0.39, 0.29) is 12.1 Å². The molecule has 0 saturated heterocycles. The van der Waals surface area contributed by atoms with Gasteiger partial charge < -0.3 is 4.74 Å². The molecule has 0 bridgehead atoms. The van der Waals surface area contributed by atoms with Crippen molar-refractivity contribution in [1.29, 1.82) is 0 Å². The molecule has 0 spiro atoms. The molecule has 2 unspecified atom stereocenters. The van der Waals surface area contributed by atoms with Gasteiger partial charge in [-0.3, -0.25) is 10.5 Å². The fraction of sp³-hybridized carbons (Fsp3) is 0.667. The van der Waals surface area contributed by atoms with Crippen LogP contribution in [0.3, 0.4) is 0 Å². The smallest absolute Gasteiger partial charge is 0.0889 e. The summed E-state index contributed by atoms with van der Waals surface area (Å²) in [6.07, 6.45) is 2.72. The van der Waals surface area contributed by atoms with Gasteiger partial charge in [0, 0.05) is 20.4 Å². The molecule has 1 rings (SSSR count). The monoisotopic (exact) mass is 198 g/mol. The number of hydrazine groups is 1. The molecular weight excluding hydrogens is 180 g/mol. The van der Waals surface area contributed by atoms with Crippen molar-refractivity contribution in [2.45, 2.75) is 25.5 Å². The van der Waals surface area contributed by atoms with E-state index in [0.717, 1.165) is 12.1 Å². The van der Waals surface area contributed by atoms with Crippen LogP contribution in [-0.4, -0.2) is 23.0 Å². The summed E-state index contributed by atoms with van der Waals surface area (Å²) in [5.41, 5.74) is 3.79. The quantitative estimate of drug-likeness (QED) is 0.529. The lowest BCUT2D eigenvalue weighted by Crippen LogP contribution is -2.38. The van der Waals surface area contributed by atoms with Crippen LogP contribution < -0.4 is 11.3 Å². The number of aryl methyl sites for hydroxylation is 1. The van der Waals surface area contributed by atoms with Crippen molar-refractivity contribution in [3.63, 3.8) is 0 Å². The number of ether oxygens (including phenoxy) is 1. The average Bonchev–Trinajstić information content (AvgIpc) is 2.61. The second-order valence-electron chi connectivity index (χ2n) is 3.21. The number of nitrogens with zero attached hydrogens (tertiary/aromatic N) is 2. The molecule has 0 amide bonds. The second-order valence-corrected chi connectivity index (χ2v) is 3.21. The first-order valence-electron chi connectivity index (χ1n) is 4.71. The molecule has 1 heterocycles. The van der Waals surface area contributed by atoms with E-state index in [1.54, 1.807) is 18.0 Å². The minimum Gasteiger partial charge on any atom is -0.379 e. The van der Waals surface area contributed by atoms with E-state index in [1.165, 1.54) is 0 Å². The largest absolute Gasteiger partial charge is 0.379 e. The number of hydrogen-bond donors (Lipinski definition) is 2. The Morgan fingerprint density at radius 2 is 2.43 bits per heavy atom. The Morgan fingerprint density at radius 1 is 1.71 bits per heavy atom. The lowest BCUT2D eigenvalue weighted by Gasteiger charge is -2.24. The zero-order valence-electron chi connectivity index (χ0n) is 8.90. The standard InChI is InChI=1S/C9H18N4O/c1-4-8(14-3)9(12-10)7-5-6-11-13(7)2/h5-6,8-9,12H,4,10H2,1-3H3. The molecule has 80 valence electrons. The third-order valence-corrected chi connectivity index (χ3v) is 2.43. The van der Waals surface area contributed by atoms with Crippen molar-refractivity contribution in [3.8, 4) is 0 Å². The van der Waals surface area contributed by atoms with Crippen molar-refractivity contribution < 1.29 is 4.74 Å². The average molecular weight is 198 g/mol. The van der Waals surface area contributed by atoms with E-state index in [4.69, 9.17) is 10.6 Å². The number of nitrogens with two attached hydrogens (primary N) is 1. The summed E-state index contributed by atoms with van der Waals surface area (Å²) in [6, 6.07) is 1.92. The number of methoxy groups -OCH3 is 1. The van der Waals surface area contributed by atoms with Crippen molar-refractivity contribution in [1.82, 2.24) is 15.2 Å². The first kappa shape index (κ1) is 11.2. The maximum atomic E-state index is 5.51. The minimum atomic E-state index is -0.0162. The van der Waals surface area contributed by atoms with Crippen LogP contribution in [0, 0.1) is 0 Å². The molecule has 0 radical (unpaired) electrons. The SMILES string of the molecule is CCC(OC)C(NN)c1ccnn1C. The number of hydrogen-bond acceptors (Lipinski definition) is 4. The topological polar surface area (TPSA) is 65.1 Å². The second kappa shape index (κ2) is 5.09. The van der Waals surface area contributed by atoms with Gasteiger partial charge in [-0.25, -0.2) is 5.43 Å². The zero-order chi connectivity index (χ0) is 10.6. The maximum absolute atomic E-state index is 5.51. The van der Waals surface area contributed by atoms with E-state index < -0.39 is 0 Å². The lowest BCUT2D eigenvalue weighted by molar-refractivity contribution is 0.0625. The number of nitrogens with one attached hydrogen (secondary N) is 1. The minimum absolute atomic E-state index is 0.0162. The molecule has 0 aliphatic heterocycles. The Hall–Kier alpha value is -0.910. The van der Waals surface area contributed by atoms with E-state index in [1.807, 2.05) is 13.1 Å². The van der Waals surface area contributed by atoms with Crippen LogP contribution in [0.25, 0.3) is 0 Å². The molecule has 2 atom stereocenters. The number of aromatic nitrogens is 2. The summed E-state index contributed by atoms with van der Waals surface area (Å²) in [6.45, 7) is 2.06. The van der Waals surface area contributed by atoms with E-state index in [9.17, 15) is 0 Å². The molecule has 0 fully saturated rings. The molecule has 0 aliphatic rings. The predicted octanol–water partition coefficient (Wildman–Crippen LogP) is 0.349. The van der Waals surface area contributed by atoms with Crippen LogP contribution >= 0.6 is 0 Å². The maximum Gasteiger partial charge on any atom is 0.0889 e. The van der Waals surface area contributed by atoms with Crippen LogP contribution in [0.4, 0.5) is 0 Å². The fourth-order valence-electron chi connectivity index (χ4n) is 1.61. The van der Waals surface area contributed by atoms with Crippen molar-refractivity contribution >= 4 is 0 Å². The van der Waals surface area contributed by atoms with Gasteiger partial charge in [0.15, 0.2) is 0 Å². The predicted molar refractivity (Wildman–Crippen MR) is 54.4 cm³/mol. The van der Waals surface area contributed by atoms with E-state index in [0.29, 0.717) is 0 Å². The van der Waals surface area contributed by atoms with Gasteiger partial charge >= 0.3 is 0 Å². The molecule has 0 aliphatic carbocycles. The van der Waals surface area contributed by atoms with Crippen molar-refractivity contribution in [2.24, 2.45) is 12.9 Å². The van der Waals surface area contributed by atoms with Gasteiger partial charge in [-0.05, 0) is 12.5 Å². The zero-order valence-corrected chi connectivity index (χ0v) is 8.90. The van der Waals surface area contributed by atoms with Gasteiger partial charge in [0.2, 0.25) is 0 Å². The lowest BCUT2D eigenvalue weighted by atomic mass is 10.1. The summed E-state index contributed by atoms with van der Waals surface area (Å²) in [5.74, 6) is 5.51. The molecule has 5 nitrogen and oxygen atoms in total. The highest BCUT2D eigenvalue weighted by Crippen LogP contribution is 2.19. The van der Waals surface area contributed by atoms with E-state index >= 15 is 0 Å². The molecule has 0 saturated carbocycles. The van der Waals surface area contributed by atoms with Crippen LogP contribution in [0.15, 0.2) is 12.3 Å². The summed E-state index contributed by atoms with van der Waals surface area (Å²) in [7, 11) is 3.58. The highest BCUT2D eigenvalue weighted by atomic mass is 16.5. The highest BCUT2D eigenvalue weighted by molar-refractivity contribution is 5.08. The Labute approximate surface area is 84.2 Å². The van der Waals surface area contributed by atoms with Gasteiger partial charge in [0.05, 0.1) is 17.8 Å². The first-order chi connectivity index (χ1) is 6.74. The summed E-state index contributed by atoms with van der Waals surface area (Å²) in [4.78, 5) is 0. The summed E-state index contributed by atoms with van der Waals surface area (Å²) >= 11 is 0. The highest BCUT2D eigenvalue weighted by Gasteiger charge is 2.22. The van der Waals surface area contributed by atoms with Gasteiger partial charge in [-0.2, -0.15) is 5.10 Å². The third-order valence-electron chi connectivity index (χ3n) is 2.43. The molecule has 1 aromatic heterocycles. The molecule has 5 heteroatoms. The van der Waals surface area contributed by atoms with Crippen molar-refractivity contribution in [3.05, 3.63) is 18.0 Å². The molecule has 0 aromatic carbocycles. The molecular formula is C9H18N4O. The Kier molecular flexibility index (Phi) is 4.06. The Bertz CT molecular complexity index is 270. The van der Waals surface area contributed by atoms with Gasteiger partial charge in [-0.1, -0.05) is 6.92 Å². The van der Waals surface area contributed by atoms with Gasteiger partial charge in [0.25, 0.3) is 0 Å². The number of rotatable bonds is 5. The normalized spacial score (nSPS) is 15.4. The van der Waals surface area contributed by atoms with Crippen LogP contribution in [0.5, 0.6) is 0 Å². The van der Waals surface area contributed by atoms with Gasteiger partial charge in [0.1, 0.15) is 0 Å². The fourth-order valence-corrected chi connectivity index (χ4v) is 1.61. The van der Waals surface area contributed by atoms with Crippen LogP contribution in [0.1, 0.15) is 25.1 Å². The molecule has 3 N–H and O–H groups in total. The molecule has 1 aromatic rings. The summed E-state index contributed by atoms with van der Waals surface area (Å²) in [5, 5.41) is 4.10. The van der Waals surface area contributed by atoms with Crippen molar-refractivity contribution in [2.75, 3.05) is 7.11 Å². The summed E-state index contributed by atoms with van der Waals surface area (Å²) < 4.78 is 7.15. The Balaban J connectivity index is 2.86. The van der Waals surface area contributed by atoms with E-state index in [2.05, 4.69) is 17.4 Å². The van der Waals surface area contributed by atoms with Crippen LogP contribution in [-0.2, 0) is 11.8 Å². The van der Waals surface area contributed by atoms with Gasteiger partial charge in [-0.15, -0.1) is 0 Å². The molecule has 14 heavy (non-hydrogen) atoms.